The molecule has 136 valence electrons. The molecule has 1 heterocycles. The van der Waals surface area contributed by atoms with Gasteiger partial charge in [0.1, 0.15) is 0 Å². The Morgan fingerprint density at radius 1 is 0.962 bits per heavy atom. The van der Waals surface area contributed by atoms with E-state index in [4.69, 9.17) is 17.3 Å². The molecule has 3 rings (SSSR count). The fourth-order valence-electron chi connectivity index (χ4n) is 3.19. The van der Waals surface area contributed by atoms with E-state index in [-0.39, 0.29) is 5.91 Å². The molecular formula is C20H22ClN3O2. The summed E-state index contributed by atoms with van der Waals surface area (Å²) in [6, 6.07) is 11.0. The van der Waals surface area contributed by atoms with Gasteiger partial charge in [-0.2, -0.15) is 0 Å². The van der Waals surface area contributed by atoms with E-state index >= 15 is 0 Å². The van der Waals surface area contributed by atoms with Gasteiger partial charge in [0, 0.05) is 48.0 Å². The number of piperazine rings is 1. The van der Waals surface area contributed by atoms with Crippen LogP contribution in [0.5, 0.6) is 0 Å². The van der Waals surface area contributed by atoms with Crippen molar-refractivity contribution in [1.29, 1.82) is 0 Å². The summed E-state index contributed by atoms with van der Waals surface area (Å²) in [4.78, 5) is 28.1. The van der Waals surface area contributed by atoms with Gasteiger partial charge in [-0.1, -0.05) is 11.6 Å². The van der Waals surface area contributed by atoms with Gasteiger partial charge in [-0.15, -0.1) is 0 Å². The molecule has 0 atom stereocenters. The number of nitrogens with zero attached hydrogens (tertiary/aromatic N) is 2. The van der Waals surface area contributed by atoms with Crippen LogP contribution in [0.15, 0.2) is 36.4 Å². The van der Waals surface area contributed by atoms with E-state index in [0.29, 0.717) is 29.2 Å². The zero-order chi connectivity index (χ0) is 18.8. The maximum absolute atomic E-state index is 12.9. The zero-order valence-corrected chi connectivity index (χ0v) is 15.7. The highest BCUT2D eigenvalue weighted by atomic mass is 35.5. The summed E-state index contributed by atoms with van der Waals surface area (Å²) >= 11 is 6.13. The number of amides is 2. The molecule has 1 aliphatic heterocycles. The van der Waals surface area contributed by atoms with Crippen molar-refractivity contribution in [1.82, 2.24) is 4.90 Å². The van der Waals surface area contributed by atoms with Gasteiger partial charge in [-0.3, -0.25) is 9.59 Å². The van der Waals surface area contributed by atoms with E-state index in [0.717, 1.165) is 29.9 Å². The van der Waals surface area contributed by atoms with Gasteiger partial charge in [0.25, 0.3) is 5.91 Å². The molecule has 2 N–H and O–H groups in total. The minimum Gasteiger partial charge on any atom is -0.368 e. The smallest absolute Gasteiger partial charge is 0.254 e. The van der Waals surface area contributed by atoms with Crippen molar-refractivity contribution < 1.29 is 9.59 Å². The van der Waals surface area contributed by atoms with Crippen LogP contribution in [0, 0.1) is 13.8 Å². The van der Waals surface area contributed by atoms with Crippen LogP contribution in [0.4, 0.5) is 5.69 Å². The first-order valence-electron chi connectivity index (χ1n) is 8.57. The number of rotatable bonds is 3. The Morgan fingerprint density at radius 2 is 1.58 bits per heavy atom. The van der Waals surface area contributed by atoms with Crippen LogP contribution in [0.1, 0.15) is 31.8 Å². The number of nitrogens with two attached hydrogens (primary N) is 1. The number of halogens is 1. The maximum Gasteiger partial charge on any atom is 0.254 e. The molecule has 6 heteroatoms. The van der Waals surface area contributed by atoms with E-state index in [1.165, 1.54) is 0 Å². The average molecular weight is 372 g/mol. The van der Waals surface area contributed by atoms with Gasteiger partial charge in [0.05, 0.1) is 0 Å². The van der Waals surface area contributed by atoms with Crippen LogP contribution < -0.4 is 10.6 Å². The van der Waals surface area contributed by atoms with Crippen molar-refractivity contribution in [3.05, 3.63) is 63.7 Å². The van der Waals surface area contributed by atoms with Crippen molar-refractivity contribution in [2.75, 3.05) is 31.1 Å². The first-order chi connectivity index (χ1) is 12.4. The number of aryl methyl sites for hydroxylation is 2. The second kappa shape index (κ2) is 7.38. The predicted octanol–water partition coefficient (Wildman–Crippen LogP) is 3.02. The van der Waals surface area contributed by atoms with Gasteiger partial charge < -0.3 is 15.5 Å². The highest BCUT2D eigenvalue weighted by Crippen LogP contribution is 2.23. The normalized spacial score (nSPS) is 14.4. The number of hydrogen-bond donors (Lipinski definition) is 1. The van der Waals surface area contributed by atoms with Crippen molar-refractivity contribution in [2.24, 2.45) is 5.73 Å². The number of hydrogen-bond acceptors (Lipinski definition) is 3. The molecule has 2 aromatic carbocycles. The second-order valence-electron chi connectivity index (χ2n) is 6.61. The van der Waals surface area contributed by atoms with E-state index in [9.17, 15) is 9.59 Å². The Balaban J connectivity index is 1.67. The molecule has 26 heavy (non-hydrogen) atoms. The number of anilines is 1. The van der Waals surface area contributed by atoms with E-state index in [1.54, 1.807) is 12.1 Å². The topological polar surface area (TPSA) is 66.6 Å². The molecule has 1 saturated heterocycles. The zero-order valence-electron chi connectivity index (χ0n) is 15.0. The van der Waals surface area contributed by atoms with Crippen LogP contribution >= 0.6 is 11.6 Å². The van der Waals surface area contributed by atoms with Gasteiger partial charge >= 0.3 is 0 Å². The van der Waals surface area contributed by atoms with Crippen LogP contribution in [0.25, 0.3) is 0 Å². The number of carbonyl (C=O) groups excluding carboxylic acids is 2. The first-order valence-corrected chi connectivity index (χ1v) is 8.95. The molecule has 0 saturated carbocycles. The third-order valence-electron chi connectivity index (χ3n) is 4.82. The average Bonchev–Trinajstić information content (AvgIpc) is 2.64. The molecule has 5 nitrogen and oxygen atoms in total. The van der Waals surface area contributed by atoms with Crippen molar-refractivity contribution in [3.63, 3.8) is 0 Å². The van der Waals surface area contributed by atoms with Gasteiger partial charge in [-0.05, 0) is 61.4 Å². The Bertz CT molecular complexity index is 841. The van der Waals surface area contributed by atoms with Crippen molar-refractivity contribution in [2.45, 2.75) is 13.8 Å². The predicted molar refractivity (Wildman–Crippen MR) is 104 cm³/mol. The maximum atomic E-state index is 12.9. The van der Waals surface area contributed by atoms with E-state index in [1.807, 2.05) is 43.0 Å². The van der Waals surface area contributed by atoms with Crippen LogP contribution in [-0.4, -0.2) is 42.9 Å². The summed E-state index contributed by atoms with van der Waals surface area (Å²) in [5.74, 6) is -0.383. The third kappa shape index (κ3) is 3.68. The summed E-state index contributed by atoms with van der Waals surface area (Å²) < 4.78 is 0. The summed E-state index contributed by atoms with van der Waals surface area (Å²) in [6.45, 7) is 6.61. The largest absolute Gasteiger partial charge is 0.368 e. The highest BCUT2D eigenvalue weighted by Gasteiger charge is 2.24. The second-order valence-corrected chi connectivity index (χ2v) is 7.01. The fraction of sp³-hybridized carbons (Fsp3) is 0.300. The summed E-state index contributed by atoms with van der Waals surface area (Å²) in [7, 11) is 0. The first kappa shape index (κ1) is 18.3. The molecule has 0 bridgehead atoms. The Hall–Kier alpha value is -2.53. The van der Waals surface area contributed by atoms with E-state index < -0.39 is 5.91 Å². The summed E-state index contributed by atoms with van der Waals surface area (Å²) in [5.41, 5.74) is 9.32. The van der Waals surface area contributed by atoms with Gasteiger partial charge in [0.2, 0.25) is 5.91 Å². The standard InChI is InChI=1S/C20H22ClN3O2/c1-13-12-18(21)14(2)11-17(13)20(26)24-9-7-23(8-10-24)16-5-3-15(4-6-16)19(22)25/h3-6,11-12H,7-10H2,1-2H3,(H2,22,25). The molecule has 0 spiro atoms. The van der Waals surface area contributed by atoms with Crippen molar-refractivity contribution in [3.8, 4) is 0 Å². The number of benzene rings is 2. The molecule has 1 aliphatic rings. The molecule has 0 radical (unpaired) electrons. The molecule has 0 aromatic heterocycles. The minimum absolute atomic E-state index is 0.0472. The lowest BCUT2D eigenvalue weighted by atomic mass is 10.0. The van der Waals surface area contributed by atoms with Crippen LogP contribution in [-0.2, 0) is 0 Å². The van der Waals surface area contributed by atoms with Crippen molar-refractivity contribution >= 4 is 29.1 Å². The molecule has 1 fully saturated rings. The minimum atomic E-state index is -0.430. The summed E-state index contributed by atoms with van der Waals surface area (Å²) in [6.07, 6.45) is 0. The van der Waals surface area contributed by atoms with Crippen LogP contribution in [0.2, 0.25) is 5.02 Å². The molecule has 0 aliphatic carbocycles. The van der Waals surface area contributed by atoms with Crippen LogP contribution in [0.3, 0.4) is 0 Å². The number of carbonyl (C=O) groups is 2. The van der Waals surface area contributed by atoms with Gasteiger partial charge in [0.15, 0.2) is 0 Å². The van der Waals surface area contributed by atoms with E-state index in [2.05, 4.69) is 4.90 Å². The Morgan fingerprint density at radius 3 is 2.15 bits per heavy atom. The SMILES string of the molecule is Cc1cc(C(=O)N2CCN(c3ccc(C(N)=O)cc3)CC2)c(C)cc1Cl. The van der Waals surface area contributed by atoms with Gasteiger partial charge in [-0.25, -0.2) is 0 Å². The summed E-state index contributed by atoms with van der Waals surface area (Å²) in [5, 5.41) is 0.684. The Labute approximate surface area is 158 Å². The lowest BCUT2D eigenvalue weighted by molar-refractivity contribution is 0.0745. The molecular weight excluding hydrogens is 350 g/mol. The monoisotopic (exact) mass is 371 g/mol. The molecule has 0 unspecified atom stereocenters. The highest BCUT2D eigenvalue weighted by molar-refractivity contribution is 6.31. The third-order valence-corrected chi connectivity index (χ3v) is 5.23. The molecule has 2 aromatic rings. The lowest BCUT2D eigenvalue weighted by Gasteiger charge is -2.36. The Kier molecular flexibility index (Phi) is 5.18. The number of primary amides is 1. The fourth-order valence-corrected chi connectivity index (χ4v) is 3.40. The quantitative estimate of drug-likeness (QED) is 0.901. The molecule has 2 amide bonds. The lowest BCUT2D eigenvalue weighted by Crippen LogP contribution is -2.49.